The number of nitrogen functional groups attached to an aromatic ring is 1. The number of imide groups is 1. The smallest absolute Gasteiger partial charge is 0.407 e. The van der Waals surface area contributed by atoms with E-state index in [-0.39, 0.29) is 37.3 Å². The number of hydrogen-bond acceptors (Lipinski definition) is 11. The van der Waals surface area contributed by atoms with Crippen LogP contribution in [0.3, 0.4) is 0 Å². The van der Waals surface area contributed by atoms with E-state index in [1.165, 1.54) is 11.2 Å². The lowest BCUT2D eigenvalue weighted by Gasteiger charge is -2.24. The molecule has 6 rings (SSSR count). The highest BCUT2D eigenvalue weighted by Gasteiger charge is 2.56. The Labute approximate surface area is 222 Å². The fourth-order valence-corrected chi connectivity index (χ4v) is 5.15. The number of carbonyl (C=O) groups is 3. The number of anilines is 1. The minimum Gasteiger partial charge on any atom is -0.447 e. The van der Waals surface area contributed by atoms with Gasteiger partial charge in [-0.3, -0.25) is 19.1 Å². The van der Waals surface area contributed by atoms with Crippen molar-refractivity contribution in [3.8, 4) is 0 Å². The first-order valence-electron chi connectivity index (χ1n) is 12.5. The van der Waals surface area contributed by atoms with Crippen molar-refractivity contribution < 1.29 is 33.3 Å². The molecule has 2 fully saturated rings. The van der Waals surface area contributed by atoms with Crippen LogP contribution in [0, 0.1) is 0 Å². The number of imidazole rings is 1. The molecule has 3 aliphatic rings. The molecule has 5 heterocycles. The van der Waals surface area contributed by atoms with Gasteiger partial charge in [0.25, 0.3) is 11.8 Å². The molecule has 14 heteroatoms. The third kappa shape index (κ3) is 4.45. The summed E-state index contributed by atoms with van der Waals surface area (Å²) in [4.78, 5) is 51.0. The molecule has 3 aromatic rings. The molecule has 39 heavy (non-hydrogen) atoms. The topological polar surface area (TPSA) is 173 Å². The molecule has 0 unspecified atom stereocenters. The zero-order valence-electron chi connectivity index (χ0n) is 21.3. The molecule has 2 saturated heterocycles. The number of ether oxygens (including phenoxy) is 4. The van der Waals surface area contributed by atoms with E-state index in [1.54, 1.807) is 49.0 Å². The first kappa shape index (κ1) is 25.2. The average Bonchev–Trinajstić information content (AvgIpc) is 3.63. The Morgan fingerprint density at radius 2 is 1.82 bits per heavy atom. The van der Waals surface area contributed by atoms with Crippen LogP contribution in [0.15, 0.2) is 36.9 Å². The van der Waals surface area contributed by atoms with Gasteiger partial charge in [0.05, 0.1) is 17.5 Å². The van der Waals surface area contributed by atoms with Crippen LogP contribution in [-0.4, -0.2) is 86.1 Å². The number of fused-ring (bicyclic) bond motifs is 3. The van der Waals surface area contributed by atoms with E-state index in [9.17, 15) is 14.4 Å². The van der Waals surface area contributed by atoms with Crippen molar-refractivity contribution in [2.24, 2.45) is 0 Å². The van der Waals surface area contributed by atoms with Gasteiger partial charge >= 0.3 is 6.09 Å². The van der Waals surface area contributed by atoms with Crippen molar-refractivity contribution in [1.29, 1.82) is 0 Å². The molecule has 204 valence electrons. The summed E-state index contributed by atoms with van der Waals surface area (Å²) in [7, 11) is 0. The molecule has 3 aliphatic heterocycles. The predicted molar refractivity (Wildman–Crippen MR) is 133 cm³/mol. The van der Waals surface area contributed by atoms with Gasteiger partial charge in [0.2, 0.25) is 0 Å². The van der Waals surface area contributed by atoms with E-state index >= 15 is 0 Å². The van der Waals surface area contributed by atoms with Gasteiger partial charge in [-0.2, -0.15) is 0 Å². The number of amides is 3. The van der Waals surface area contributed by atoms with Crippen molar-refractivity contribution in [2.45, 2.75) is 50.6 Å². The largest absolute Gasteiger partial charge is 0.447 e. The first-order chi connectivity index (χ1) is 18.7. The van der Waals surface area contributed by atoms with Crippen LogP contribution < -0.4 is 11.1 Å². The summed E-state index contributed by atoms with van der Waals surface area (Å²) in [6.07, 6.45) is 0.321. The van der Waals surface area contributed by atoms with Crippen LogP contribution in [0.4, 0.5) is 10.6 Å². The highest BCUT2D eigenvalue weighted by atomic mass is 16.8. The van der Waals surface area contributed by atoms with Gasteiger partial charge in [-0.15, -0.1) is 0 Å². The predicted octanol–water partition coefficient (Wildman–Crippen LogP) is 1.24. The van der Waals surface area contributed by atoms with Crippen molar-refractivity contribution in [3.63, 3.8) is 0 Å². The maximum absolute atomic E-state index is 12.5. The standard InChI is InChI=1S/C25H27N7O7/c1-25(2)38-17-15(37-23(18(17)39-25)32-12-30-16-19(26)28-11-29-20(16)32)10-36-24(35)27-8-5-9-31-21(33)13-6-3-4-7-14(13)22(31)34/h3-4,6-7,11-12,15,17-18,23H,5,8-10H2,1-2H3,(H,27,35)(H2,26,28,29)/t15-,17-,18-,23-/m1/s1. The van der Waals surface area contributed by atoms with Crippen LogP contribution in [0.1, 0.15) is 47.2 Å². The summed E-state index contributed by atoms with van der Waals surface area (Å²) in [5.74, 6) is -1.28. The minimum atomic E-state index is -0.869. The number of rotatable bonds is 7. The Bertz CT molecular complexity index is 1420. The van der Waals surface area contributed by atoms with E-state index in [2.05, 4.69) is 20.3 Å². The highest BCUT2D eigenvalue weighted by molar-refractivity contribution is 6.21. The van der Waals surface area contributed by atoms with Crippen LogP contribution in [0.25, 0.3) is 11.2 Å². The van der Waals surface area contributed by atoms with Crippen molar-refractivity contribution >= 4 is 34.9 Å². The number of carbonyl (C=O) groups excluding carboxylic acids is 3. The maximum Gasteiger partial charge on any atom is 0.407 e. The summed E-state index contributed by atoms with van der Waals surface area (Å²) in [5.41, 5.74) is 7.63. The Kier molecular flexibility index (Phi) is 6.16. The second-order valence-electron chi connectivity index (χ2n) is 9.90. The van der Waals surface area contributed by atoms with Crippen molar-refractivity contribution in [2.75, 3.05) is 25.4 Å². The molecule has 0 bridgehead atoms. The first-order valence-corrected chi connectivity index (χ1v) is 12.5. The molecule has 0 spiro atoms. The number of nitrogens with two attached hydrogens (primary N) is 1. The molecule has 3 N–H and O–H groups in total. The molecule has 14 nitrogen and oxygen atoms in total. The molecule has 0 radical (unpaired) electrons. The highest BCUT2D eigenvalue weighted by Crippen LogP contribution is 2.43. The van der Waals surface area contributed by atoms with Crippen molar-refractivity contribution in [1.82, 2.24) is 29.7 Å². The van der Waals surface area contributed by atoms with Crippen molar-refractivity contribution in [3.05, 3.63) is 48.0 Å². The average molecular weight is 538 g/mol. The van der Waals surface area contributed by atoms with E-state index in [0.29, 0.717) is 28.7 Å². The maximum atomic E-state index is 12.5. The van der Waals surface area contributed by atoms with Crippen LogP contribution in [0.2, 0.25) is 0 Å². The number of nitrogens with zero attached hydrogens (tertiary/aromatic N) is 5. The van der Waals surface area contributed by atoms with E-state index < -0.39 is 36.4 Å². The lowest BCUT2D eigenvalue weighted by atomic mass is 10.1. The van der Waals surface area contributed by atoms with Gasteiger partial charge in [0.15, 0.2) is 23.5 Å². The summed E-state index contributed by atoms with van der Waals surface area (Å²) in [5, 5.41) is 2.64. The lowest BCUT2D eigenvalue weighted by molar-refractivity contribution is -0.199. The Morgan fingerprint density at radius 3 is 2.56 bits per heavy atom. The number of hydrogen-bond donors (Lipinski definition) is 2. The third-order valence-electron chi connectivity index (χ3n) is 6.87. The molecule has 1 aromatic carbocycles. The fraction of sp³-hybridized carbons (Fsp3) is 0.440. The third-order valence-corrected chi connectivity index (χ3v) is 6.87. The van der Waals surface area contributed by atoms with E-state index in [4.69, 9.17) is 24.7 Å². The molecule has 0 saturated carbocycles. The summed E-state index contributed by atoms with van der Waals surface area (Å²) in [6.45, 7) is 3.89. The van der Waals surface area contributed by atoms with E-state index in [1.807, 2.05) is 0 Å². The Balaban J connectivity index is 1.03. The van der Waals surface area contributed by atoms with Gasteiger partial charge < -0.3 is 30.0 Å². The van der Waals surface area contributed by atoms with E-state index in [0.717, 1.165) is 0 Å². The molecular weight excluding hydrogens is 510 g/mol. The normalized spacial score (nSPS) is 25.2. The summed E-state index contributed by atoms with van der Waals surface area (Å²) >= 11 is 0. The fourth-order valence-electron chi connectivity index (χ4n) is 5.15. The number of benzene rings is 1. The van der Waals surface area contributed by atoms with Crippen LogP contribution >= 0.6 is 0 Å². The quantitative estimate of drug-likeness (QED) is 0.328. The van der Waals surface area contributed by atoms with Gasteiger partial charge in [-0.05, 0) is 32.4 Å². The second kappa shape index (κ2) is 9.55. The van der Waals surface area contributed by atoms with Gasteiger partial charge in [-0.1, -0.05) is 12.1 Å². The molecular formula is C25H27N7O7. The SMILES string of the molecule is CC1(C)O[C@@H]2[C@H](O1)[C@@H](COC(=O)NCCCN1C(=O)c3ccccc3C1=O)O[C@H]2n1cnc2c(N)ncnc21. The minimum absolute atomic E-state index is 0.0922. The Morgan fingerprint density at radius 1 is 1.10 bits per heavy atom. The van der Waals surface area contributed by atoms with Crippen LogP contribution in [0.5, 0.6) is 0 Å². The number of alkyl carbamates (subject to hydrolysis) is 1. The number of aromatic nitrogens is 4. The lowest BCUT2D eigenvalue weighted by Crippen LogP contribution is -2.36. The van der Waals surface area contributed by atoms with Gasteiger partial charge in [0, 0.05) is 13.1 Å². The van der Waals surface area contributed by atoms with Crippen LogP contribution in [-0.2, 0) is 18.9 Å². The Hall–Kier alpha value is -4.14. The second-order valence-corrected chi connectivity index (χ2v) is 9.90. The van der Waals surface area contributed by atoms with Gasteiger partial charge in [0.1, 0.15) is 36.8 Å². The van der Waals surface area contributed by atoms with Gasteiger partial charge in [-0.25, -0.2) is 19.7 Å². The zero-order chi connectivity index (χ0) is 27.3. The monoisotopic (exact) mass is 537 g/mol. The summed E-state index contributed by atoms with van der Waals surface area (Å²) < 4.78 is 25.5. The molecule has 0 aliphatic carbocycles. The number of nitrogens with one attached hydrogen (secondary N) is 1. The molecule has 3 amide bonds. The zero-order valence-corrected chi connectivity index (χ0v) is 21.3. The molecule has 4 atom stereocenters. The summed E-state index contributed by atoms with van der Waals surface area (Å²) in [6, 6.07) is 6.69. The molecule has 2 aromatic heterocycles.